The van der Waals surface area contributed by atoms with Crippen molar-refractivity contribution in [3.8, 4) is 0 Å². The van der Waals surface area contributed by atoms with Gasteiger partial charge in [-0.05, 0) is 43.9 Å². The van der Waals surface area contributed by atoms with E-state index < -0.39 is 65.8 Å². The maximum Gasteiger partial charge on any atom is 0.308 e. The lowest BCUT2D eigenvalue weighted by atomic mass is 9.95. The van der Waals surface area contributed by atoms with Crippen molar-refractivity contribution in [3.63, 3.8) is 0 Å². The molecule has 2 aliphatic heterocycles. The van der Waals surface area contributed by atoms with Crippen LogP contribution in [-0.2, 0) is 33.5 Å². The summed E-state index contributed by atoms with van der Waals surface area (Å²) >= 11 is 0. The number of nitrogens with one attached hydrogen (secondary N) is 3. The molecule has 0 aromatic carbocycles. The molecule has 2 aliphatic rings. The Morgan fingerprint density at radius 2 is 1.54 bits per heavy atom. The Balaban J connectivity index is 2.48. The Labute approximate surface area is 243 Å². The average molecular weight is 580 g/mol. The molecule has 0 aromatic rings. The van der Waals surface area contributed by atoms with Crippen LogP contribution >= 0.6 is 0 Å². The second kappa shape index (κ2) is 15.2. The van der Waals surface area contributed by atoms with Crippen LogP contribution in [0.3, 0.4) is 0 Å². The van der Waals surface area contributed by atoms with E-state index in [0.29, 0.717) is 25.8 Å². The quantitative estimate of drug-likeness (QED) is 0.410. The van der Waals surface area contributed by atoms with Crippen LogP contribution in [0.4, 0.5) is 0 Å². The number of esters is 1. The van der Waals surface area contributed by atoms with Crippen molar-refractivity contribution in [1.29, 1.82) is 0 Å². The van der Waals surface area contributed by atoms with Crippen LogP contribution in [0.15, 0.2) is 0 Å². The number of carbonyl (C=O) groups excluding carboxylic acids is 6. The maximum absolute atomic E-state index is 13.6. The van der Waals surface area contributed by atoms with Gasteiger partial charge in [-0.25, -0.2) is 0 Å². The van der Waals surface area contributed by atoms with Gasteiger partial charge in [0.2, 0.25) is 23.6 Å². The molecule has 0 saturated carbocycles. The second-order valence-corrected chi connectivity index (χ2v) is 12.1. The highest BCUT2D eigenvalue weighted by molar-refractivity contribution is 5.96. The molecular formula is C29H49N5O7. The van der Waals surface area contributed by atoms with Crippen molar-refractivity contribution >= 4 is 35.5 Å². The van der Waals surface area contributed by atoms with E-state index in [1.165, 1.54) is 16.8 Å². The lowest BCUT2D eigenvalue weighted by molar-refractivity contribution is -0.162. The fraction of sp³-hybridized carbons (Fsp3) is 0.793. The van der Waals surface area contributed by atoms with Gasteiger partial charge in [0, 0.05) is 20.1 Å². The van der Waals surface area contributed by atoms with Gasteiger partial charge in [0.25, 0.3) is 5.91 Å². The number of nitrogens with zero attached hydrogens (tertiary/aromatic N) is 2. The van der Waals surface area contributed by atoms with E-state index in [1.54, 1.807) is 20.8 Å². The van der Waals surface area contributed by atoms with Crippen LogP contribution in [0.2, 0.25) is 0 Å². The summed E-state index contributed by atoms with van der Waals surface area (Å²) in [6.07, 6.45) is 0.624. The first kappa shape index (κ1) is 34.0. The lowest BCUT2D eigenvalue weighted by Gasteiger charge is -2.33. The number of cyclic esters (lactones) is 1. The molecule has 0 aliphatic carbocycles. The van der Waals surface area contributed by atoms with Gasteiger partial charge < -0.3 is 30.5 Å². The lowest BCUT2D eigenvalue weighted by Crippen LogP contribution is -2.60. The number of fused-ring (bicyclic) bond motifs is 1. The zero-order valence-electron chi connectivity index (χ0n) is 25.8. The van der Waals surface area contributed by atoms with E-state index in [9.17, 15) is 28.8 Å². The minimum Gasteiger partial charge on any atom is -0.452 e. The van der Waals surface area contributed by atoms with Crippen molar-refractivity contribution in [2.45, 2.75) is 111 Å². The molecule has 12 heteroatoms. The number of hydrogen-bond acceptors (Lipinski definition) is 7. The molecule has 2 heterocycles. The maximum atomic E-state index is 13.6. The van der Waals surface area contributed by atoms with Crippen molar-refractivity contribution < 1.29 is 33.5 Å². The van der Waals surface area contributed by atoms with Gasteiger partial charge in [-0.3, -0.25) is 28.8 Å². The fourth-order valence-electron chi connectivity index (χ4n) is 5.06. The minimum atomic E-state index is -1.07. The highest BCUT2D eigenvalue weighted by Crippen LogP contribution is 2.23. The Morgan fingerprint density at radius 1 is 0.902 bits per heavy atom. The third-order valence-electron chi connectivity index (χ3n) is 8.03. The molecular weight excluding hydrogens is 530 g/mol. The molecule has 0 bridgehead atoms. The summed E-state index contributed by atoms with van der Waals surface area (Å²) < 4.78 is 5.58. The van der Waals surface area contributed by atoms with Crippen LogP contribution in [0, 0.1) is 17.8 Å². The summed E-state index contributed by atoms with van der Waals surface area (Å²) in [5.41, 5.74) is 0. The first-order chi connectivity index (χ1) is 19.2. The van der Waals surface area contributed by atoms with E-state index in [4.69, 9.17) is 4.74 Å². The molecule has 2 saturated heterocycles. The second-order valence-electron chi connectivity index (χ2n) is 12.1. The van der Waals surface area contributed by atoms with E-state index in [1.807, 2.05) is 27.7 Å². The molecule has 3 N–H and O–H groups in total. The first-order valence-electron chi connectivity index (χ1n) is 14.8. The van der Waals surface area contributed by atoms with Gasteiger partial charge in [-0.1, -0.05) is 48.0 Å². The number of hydrogen-bond donors (Lipinski definition) is 3. The van der Waals surface area contributed by atoms with Gasteiger partial charge in [0.15, 0.2) is 6.10 Å². The Hall–Kier alpha value is -3.18. The zero-order valence-corrected chi connectivity index (χ0v) is 25.8. The molecule has 0 spiro atoms. The molecule has 6 atom stereocenters. The van der Waals surface area contributed by atoms with Crippen molar-refractivity contribution in [2.24, 2.45) is 17.8 Å². The van der Waals surface area contributed by atoms with Crippen molar-refractivity contribution in [2.75, 3.05) is 20.1 Å². The summed E-state index contributed by atoms with van der Waals surface area (Å²) in [6.45, 7) is 13.0. The van der Waals surface area contributed by atoms with Crippen molar-refractivity contribution in [1.82, 2.24) is 25.8 Å². The summed E-state index contributed by atoms with van der Waals surface area (Å²) in [5, 5.41) is 8.31. The normalized spacial score (nSPS) is 28.8. The van der Waals surface area contributed by atoms with E-state index >= 15 is 0 Å². The third kappa shape index (κ3) is 8.90. The summed E-state index contributed by atoms with van der Waals surface area (Å²) in [5.74, 6) is -3.52. The van der Waals surface area contributed by atoms with Crippen molar-refractivity contribution in [3.05, 3.63) is 0 Å². The van der Waals surface area contributed by atoms with E-state index in [2.05, 4.69) is 16.0 Å². The highest BCUT2D eigenvalue weighted by Gasteiger charge is 2.41. The van der Waals surface area contributed by atoms with Crippen LogP contribution in [0.1, 0.15) is 80.6 Å². The predicted molar refractivity (Wildman–Crippen MR) is 152 cm³/mol. The van der Waals surface area contributed by atoms with E-state index in [0.717, 1.165) is 0 Å². The number of ether oxygens (including phenoxy) is 1. The molecule has 0 unspecified atom stereocenters. The monoisotopic (exact) mass is 579 g/mol. The summed E-state index contributed by atoms with van der Waals surface area (Å²) in [7, 11) is 1.48. The summed E-state index contributed by atoms with van der Waals surface area (Å²) in [6, 6.07) is -3.58. The average Bonchev–Trinajstić information content (AvgIpc) is 3.41. The Bertz CT molecular complexity index is 985. The topological polar surface area (TPSA) is 154 Å². The fourth-order valence-corrected chi connectivity index (χ4v) is 5.06. The molecule has 0 radical (unpaired) electrons. The van der Waals surface area contributed by atoms with Gasteiger partial charge in [-0.2, -0.15) is 0 Å². The van der Waals surface area contributed by atoms with Gasteiger partial charge in [0.1, 0.15) is 24.2 Å². The molecule has 2 rings (SSSR count). The molecule has 12 nitrogen and oxygen atoms in total. The Kier molecular flexibility index (Phi) is 12.6. The van der Waals surface area contributed by atoms with E-state index in [-0.39, 0.29) is 37.1 Å². The molecule has 232 valence electrons. The number of rotatable bonds is 5. The van der Waals surface area contributed by atoms with Gasteiger partial charge in [0.05, 0.1) is 6.42 Å². The number of amides is 5. The molecule has 0 aromatic heterocycles. The van der Waals surface area contributed by atoms with Crippen LogP contribution < -0.4 is 16.0 Å². The molecule has 2 fully saturated rings. The first-order valence-corrected chi connectivity index (χ1v) is 14.8. The predicted octanol–water partition coefficient (Wildman–Crippen LogP) is 0.974. The third-order valence-corrected chi connectivity index (χ3v) is 8.03. The molecule has 41 heavy (non-hydrogen) atoms. The smallest absolute Gasteiger partial charge is 0.308 e. The van der Waals surface area contributed by atoms with Gasteiger partial charge in [-0.15, -0.1) is 0 Å². The highest BCUT2D eigenvalue weighted by atomic mass is 16.5. The SMILES string of the molecule is CC[C@H](C)[C@@H]1NC(=O)[C@@H]2CCCN2C(=O)[C@@H](CC(C)C)OC(=O)CCNC(=O)[C@H](C)N(C)C(=O)[C@H](C(C)C)NC1=O. The standard InChI is InChI=1S/C29H49N5O7/c1-9-18(6)24-27(38)31-23(17(4)5)29(40)33(8)19(7)25(36)30-13-12-22(35)41-21(15-16(2)3)28(39)34-14-10-11-20(34)26(37)32-24/h16-21,23-24H,9-15H2,1-8H3,(H,30,36)(H,31,38)(H,32,37)/t18-,19-,20-,21+,23-,24-/m0/s1. The number of likely N-dealkylation sites (N-methyl/N-ethyl adjacent to an activating group) is 1. The molecule has 5 amide bonds. The largest absolute Gasteiger partial charge is 0.452 e. The minimum absolute atomic E-state index is 0.0363. The Morgan fingerprint density at radius 3 is 2.12 bits per heavy atom. The van der Waals surface area contributed by atoms with Crippen LogP contribution in [-0.4, -0.2) is 95.7 Å². The number of carbonyl (C=O) groups is 6. The zero-order chi connectivity index (χ0) is 31.0. The van der Waals surface area contributed by atoms with Crippen LogP contribution in [0.5, 0.6) is 0 Å². The van der Waals surface area contributed by atoms with Gasteiger partial charge >= 0.3 is 5.97 Å². The summed E-state index contributed by atoms with van der Waals surface area (Å²) in [4.78, 5) is 82.3. The van der Waals surface area contributed by atoms with Crippen LogP contribution in [0.25, 0.3) is 0 Å².